The van der Waals surface area contributed by atoms with Crippen molar-refractivity contribution in [1.82, 2.24) is 4.90 Å². The summed E-state index contributed by atoms with van der Waals surface area (Å²) in [6.45, 7) is 1.65. The molecule has 0 saturated heterocycles. The van der Waals surface area contributed by atoms with Crippen molar-refractivity contribution >= 4 is 39.9 Å². The normalized spacial score (nSPS) is 14.7. The average Bonchev–Trinajstić information content (AvgIpc) is 3.37. The summed E-state index contributed by atoms with van der Waals surface area (Å²) in [7, 11) is 2.77. The van der Waals surface area contributed by atoms with Crippen molar-refractivity contribution in [3.05, 3.63) is 63.0 Å². The molecule has 0 aromatic heterocycles. The molecule has 0 atom stereocenters. The number of nitro groups is 1. The third-order valence-electron chi connectivity index (χ3n) is 4.75. The number of benzene rings is 2. The Hall–Kier alpha value is -3.53. The average molecular weight is 426 g/mol. The molecule has 2 aliphatic rings. The van der Waals surface area contributed by atoms with Crippen LogP contribution in [-0.2, 0) is 0 Å². The van der Waals surface area contributed by atoms with Gasteiger partial charge >= 0.3 is 0 Å². The zero-order chi connectivity index (χ0) is 21.3. The first-order chi connectivity index (χ1) is 14.5. The van der Waals surface area contributed by atoms with Crippen LogP contribution in [-0.4, -0.2) is 48.2 Å². The van der Waals surface area contributed by atoms with Gasteiger partial charge in [-0.3, -0.25) is 19.9 Å². The lowest BCUT2D eigenvalue weighted by atomic mass is 10.1. The molecule has 2 aliphatic heterocycles. The third kappa shape index (κ3) is 3.57. The molecule has 9 nitrogen and oxygen atoms in total. The molecule has 2 heterocycles. The van der Waals surface area contributed by atoms with Crippen molar-refractivity contribution in [1.29, 1.82) is 0 Å². The smallest absolute Gasteiger partial charge is 0.286 e. The van der Waals surface area contributed by atoms with E-state index in [1.807, 2.05) is 12.1 Å². The van der Waals surface area contributed by atoms with Crippen molar-refractivity contribution in [2.75, 3.05) is 32.6 Å². The molecule has 10 heteroatoms. The van der Waals surface area contributed by atoms with E-state index in [1.165, 1.54) is 26.4 Å². The van der Waals surface area contributed by atoms with Gasteiger partial charge in [-0.1, -0.05) is 23.9 Å². The zero-order valence-corrected chi connectivity index (χ0v) is 17.1. The van der Waals surface area contributed by atoms with Crippen LogP contribution < -0.4 is 14.8 Å². The topological polar surface area (TPSA) is 106 Å². The second-order valence-electron chi connectivity index (χ2n) is 6.45. The molecule has 0 unspecified atom stereocenters. The van der Waals surface area contributed by atoms with Gasteiger partial charge in [0.25, 0.3) is 11.6 Å². The highest BCUT2D eigenvalue weighted by molar-refractivity contribution is 8.16. The lowest BCUT2D eigenvalue weighted by molar-refractivity contribution is -0.385. The van der Waals surface area contributed by atoms with Crippen molar-refractivity contribution in [3.63, 3.8) is 0 Å². The number of amidine groups is 1. The summed E-state index contributed by atoms with van der Waals surface area (Å²) in [5, 5.41) is 17.2. The number of methoxy groups -OCH3 is 2. The number of anilines is 1. The molecule has 2 aromatic carbocycles. The maximum Gasteiger partial charge on any atom is 0.286 e. The Kier molecular flexibility index (Phi) is 5.32. The van der Waals surface area contributed by atoms with Gasteiger partial charge in [-0.25, -0.2) is 0 Å². The molecule has 0 bridgehead atoms. The van der Waals surface area contributed by atoms with Crippen LogP contribution in [0.4, 0.5) is 11.4 Å². The number of fused-ring (bicyclic) bond motifs is 1. The van der Waals surface area contributed by atoms with E-state index >= 15 is 0 Å². The van der Waals surface area contributed by atoms with Gasteiger partial charge in [0, 0.05) is 23.7 Å². The second kappa shape index (κ2) is 8.07. The van der Waals surface area contributed by atoms with E-state index in [0.717, 1.165) is 29.5 Å². The molecule has 0 spiro atoms. The Balaban J connectivity index is 1.56. The van der Waals surface area contributed by atoms with Crippen LogP contribution in [0.25, 0.3) is 5.70 Å². The van der Waals surface area contributed by atoms with E-state index in [2.05, 4.69) is 20.6 Å². The molecule has 4 rings (SSSR count). The van der Waals surface area contributed by atoms with Gasteiger partial charge in [0.05, 0.1) is 37.5 Å². The molecule has 0 radical (unpaired) electrons. The number of carbonyl (C=O) groups excluding carboxylic acids is 1. The van der Waals surface area contributed by atoms with Gasteiger partial charge in [-0.15, -0.1) is 0 Å². The number of carbonyl (C=O) groups is 1. The van der Waals surface area contributed by atoms with Crippen LogP contribution in [0.3, 0.4) is 0 Å². The van der Waals surface area contributed by atoms with E-state index in [1.54, 1.807) is 23.9 Å². The summed E-state index contributed by atoms with van der Waals surface area (Å²) in [6.07, 6.45) is 0. The second-order valence-corrected chi connectivity index (χ2v) is 7.29. The summed E-state index contributed by atoms with van der Waals surface area (Å²) < 4.78 is 10.3. The SMILES string of the molecule is COc1cc(C(=O)Nc2ccc(C3=CSC4=NCCN34)cc2)c([N+](=O)[O-])cc1OC. The molecule has 0 aliphatic carbocycles. The summed E-state index contributed by atoms with van der Waals surface area (Å²) in [4.78, 5) is 30.2. The highest BCUT2D eigenvalue weighted by Gasteiger charge is 2.27. The van der Waals surface area contributed by atoms with Crippen LogP contribution in [0, 0.1) is 10.1 Å². The number of rotatable bonds is 6. The lowest BCUT2D eigenvalue weighted by Crippen LogP contribution is -2.19. The number of nitro benzene ring substituents is 1. The van der Waals surface area contributed by atoms with Gasteiger partial charge in [0.1, 0.15) is 5.56 Å². The Morgan fingerprint density at radius 2 is 1.90 bits per heavy atom. The molecule has 0 fully saturated rings. The number of amides is 1. The molecule has 1 amide bonds. The van der Waals surface area contributed by atoms with Crippen LogP contribution in [0.15, 0.2) is 46.8 Å². The number of aliphatic imine (C=N–C) groups is 1. The van der Waals surface area contributed by atoms with E-state index < -0.39 is 10.8 Å². The fraction of sp³-hybridized carbons (Fsp3) is 0.200. The monoisotopic (exact) mass is 426 g/mol. The van der Waals surface area contributed by atoms with Gasteiger partial charge < -0.3 is 19.7 Å². The minimum absolute atomic E-state index is 0.116. The van der Waals surface area contributed by atoms with Crippen LogP contribution in [0.1, 0.15) is 15.9 Å². The maximum atomic E-state index is 12.7. The minimum Gasteiger partial charge on any atom is -0.493 e. The number of hydrogen-bond acceptors (Lipinski definition) is 8. The first-order valence-corrected chi connectivity index (χ1v) is 9.91. The first-order valence-electron chi connectivity index (χ1n) is 9.03. The molecule has 30 heavy (non-hydrogen) atoms. The summed E-state index contributed by atoms with van der Waals surface area (Å²) in [6, 6.07) is 9.79. The van der Waals surface area contributed by atoms with E-state index in [-0.39, 0.29) is 22.7 Å². The molecular formula is C20H18N4O5S. The summed E-state index contributed by atoms with van der Waals surface area (Å²) in [5.74, 6) is -0.199. The number of hydrogen-bond donors (Lipinski definition) is 1. The number of nitrogens with one attached hydrogen (secondary N) is 1. The standard InChI is InChI=1S/C20H18N4O5S/c1-28-17-9-14(15(24(26)27)10-18(17)29-2)19(25)22-13-5-3-12(4-6-13)16-11-30-20-21-7-8-23(16)20/h3-6,9-11H,7-8H2,1-2H3,(H,22,25). The Morgan fingerprint density at radius 3 is 2.57 bits per heavy atom. The number of nitrogens with zero attached hydrogens (tertiary/aromatic N) is 3. The number of ether oxygens (including phenoxy) is 2. The number of thioether (sulfide) groups is 1. The van der Waals surface area contributed by atoms with Gasteiger partial charge in [0.2, 0.25) is 0 Å². The lowest BCUT2D eigenvalue weighted by Gasteiger charge is -2.17. The highest BCUT2D eigenvalue weighted by Crippen LogP contribution is 2.36. The third-order valence-corrected chi connectivity index (χ3v) is 5.65. The maximum absolute atomic E-state index is 12.7. The summed E-state index contributed by atoms with van der Waals surface area (Å²) >= 11 is 1.60. The minimum atomic E-state index is -0.626. The molecular weight excluding hydrogens is 408 g/mol. The van der Waals surface area contributed by atoms with Crippen molar-refractivity contribution in [3.8, 4) is 11.5 Å². The Bertz CT molecular complexity index is 1080. The van der Waals surface area contributed by atoms with E-state index in [9.17, 15) is 14.9 Å². The summed E-state index contributed by atoms with van der Waals surface area (Å²) in [5.41, 5.74) is 2.12. The molecule has 1 N–H and O–H groups in total. The van der Waals surface area contributed by atoms with Crippen molar-refractivity contribution < 1.29 is 19.2 Å². The molecule has 154 valence electrons. The van der Waals surface area contributed by atoms with Crippen LogP contribution >= 0.6 is 11.8 Å². The highest BCUT2D eigenvalue weighted by atomic mass is 32.2. The van der Waals surface area contributed by atoms with Crippen LogP contribution in [0.2, 0.25) is 0 Å². The van der Waals surface area contributed by atoms with Crippen LogP contribution in [0.5, 0.6) is 11.5 Å². The molecule has 2 aromatic rings. The van der Waals surface area contributed by atoms with Crippen molar-refractivity contribution in [2.45, 2.75) is 0 Å². The predicted octanol–water partition coefficient (Wildman–Crippen LogP) is 3.58. The first kappa shape index (κ1) is 19.8. The Morgan fingerprint density at radius 1 is 1.20 bits per heavy atom. The van der Waals surface area contributed by atoms with Gasteiger partial charge in [-0.05, 0) is 17.7 Å². The fourth-order valence-corrected chi connectivity index (χ4v) is 4.23. The van der Waals surface area contributed by atoms with E-state index in [0.29, 0.717) is 5.69 Å². The largest absolute Gasteiger partial charge is 0.493 e. The zero-order valence-electron chi connectivity index (χ0n) is 16.2. The quantitative estimate of drug-likeness (QED) is 0.556. The van der Waals surface area contributed by atoms with E-state index in [4.69, 9.17) is 9.47 Å². The van der Waals surface area contributed by atoms with Gasteiger partial charge in [-0.2, -0.15) is 0 Å². The van der Waals surface area contributed by atoms with Crippen molar-refractivity contribution in [2.24, 2.45) is 4.99 Å². The molecule has 0 saturated carbocycles. The predicted molar refractivity (Wildman–Crippen MR) is 115 cm³/mol. The Labute approximate surface area is 176 Å². The van der Waals surface area contributed by atoms with Gasteiger partial charge in [0.15, 0.2) is 16.7 Å². The fourth-order valence-electron chi connectivity index (χ4n) is 3.27.